The van der Waals surface area contributed by atoms with Crippen molar-refractivity contribution in [2.45, 2.75) is 75.6 Å². The van der Waals surface area contributed by atoms with E-state index >= 15 is 0 Å². The minimum Gasteiger partial charge on any atom is -0.478 e. The summed E-state index contributed by atoms with van der Waals surface area (Å²) >= 11 is 8.09. The van der Waals surface area contributed by atoms with Gasteiger partial charge in [-0.25, -0.2) is 9.78 Å². The molecule has 5 aliphatic carbocycles. The fourth-order valence-corrected chi connectivity index (χ4v) is 9.71. The standard InChI is InChI=1S/C32H31ClN2O5S/c1-16-3-2-4-23(33)26(16)27-22(28(40-35-27)18-5-6-18)15-39-31-12-17-9-20(13-31)32(38,21(10-17)14-31)30-34-24-8-7-19(29(36)37)11-25(24)41-30/h2-4,7-8,11,17-18,20-21,38H,5-6,9-10,12-15H2,1H3,(H,36,37)/t17?,20-,21+,31+,32+. The third-order valence-electron chi connectivity index (χ3n) is 10.1. The molecule has 5 atom stereocenters. The summed E-state index contributed by atoms with van der Waals surface area (Å²) in [6.07, 6.45) is 6.67. The first kappa shape index (κ1) is 25.9. The Hall–Kier alpha value is -2.78. The monoisotopic (exact) mass is 590 g/mol. The first-order chi connectivity index (χ1) is 19.7. The molecule has 0 spiro atoms. The maximum Gasteiger partial charge on any atom is 0.335 e. The lowest BCUT2D eigenvalue weighted by molar-refractivity contribution is -0.250. The maximum atomic E-state index is 12.3. The Balaban J connectivity index is 1.10. The quantitative estimate of drug-likeness (QED) is 0.230. The zero-order valence-electron chi connectivity index (χ0n) is 22.7. The summed E-state index contributed by atoms with van der Waals surface area (Å²) in [6.45, 7) is 2.46. The highest BCUT2D eigenvalue weighted by Gasteiger charge is 2.64. The molecule has 9 rings (SSSR count). The average molecular weight is 591 g/mol. The number of aromatic nitrogens is 2. The summed E-state index contributed by atoms with van der Waals surface area (Å²) in [5.74, 6) is 0.958. The number of rotatable bonds is 7. The van der Waals surface area contributed by atoms with Gasteiger partial charge in [0.15, 0.2) is 0 Å². The van der Waals surface area contributed by atoms with Crippen molar-refractivity contribution in [2.75, 3.05) is 0 Å². The molecule has 41 heavy (non-hydrogen) atoms. The number of ether oxygens (including phenoxy) is 1. The number of halogens is 1. The second kappa shape index (κ2) is 9.11. The van der Waals surface area contributed by atoms with Gasteiger partial charge in [-0.2, -0.15) is 0 Å². The molecule has 9 heteroatoms. The van der Waals surface area contributed by atoms with Crippen molar-refractivity contribution < 1.29 is 24.3 Å². The molecule has 7 nitrogen and oxygen atoms in total. The van der Waals surface area contributed by atoms with Crippen LogP contribution in [0.5, 0.6) is 0 Å². The summed E-state index contributed by atoms with van der Waals surface area (Å²) in [4.78, 5) is 16.3. The molecule has 4 bridgehead atoms. The number of benzene rings is 2. The van der Waals surface area contributed by atoms with Crippen molar-refractivity contribution in [2.24, 2.45) is 17.8 Å². The first-order valence-electron chi connectivity index (χ1n) is 14.5. The van der Waals surface area contributed by atoms with Crippen LogP contribution in [-0.4, -0.2) is 31.9 Å². The Labute approximate surface area is 246 Å². The molecule has 5 saturated carbocycles. The molecule has 4 aromatic rings. The number of carbonyl (C=O) groups is 1. The number of carboxylic acid groups (broad SMARTS) is 1. The molecule has 0 aliphatic heterocycles. The van der Waals surface area contributed by atoms with Crippen LogP contribution in [0.1, 0.15) is 83.1 Å². The lowest BCUT2D eigenvalue weighted by Gasteiger charge is -2.62. The molecule has 0 radical (unpaired) electrons. The normalized spacial score (nSPS) is 30.4. The van der Waals surface area contributed by atoms with Crippen molar-refractivity contribution in [3.63, 3.8) is 0 Å². The molecular weight excluding hydrogens is 560 g/mol. The van der Waals surface area contributed by atoms with E-state index in [9.17, 15) is 15.0 Å². The van der Waals surface area contributed by atoms with Gasteiger partial charge in [-0.15, -0.1) is 11.3 Å². The van der Waals surface area contributed by atoms with E-state index in [-0.39, 0.29) is 23.0 Å². The Morgan fingerprint density at radius 2 is 1.95 bits per heavy atom. The van der Waals surface area contributed by atoms with E-state index in [0.29, 0.717) is 28.5 Å². The fraction of sp³-hybridized carbons (Fsp3) is 0.469. The van der Waals surface area contributed by atoms with E-state index in [2.05, 4.69) is 5.16 Å². The molecule has 2 N–H and O–H groups in total. The molecule has 5 aliphatic rings. The molecule has 2 heterocycles. The lowest BCUT2D eigenvalue weighted by Crippen LogP contribution is -2.62. The Kier molecular flexibility index (Phi) is 5.75. The Morgan fingerprint density at radius 3 is 2.66 bits per heavy atom. The number of fused-ring (bicyclic) bond motifs is 1. The van der Waals surface area contributed by atoms with Gasteiger partial charge < -0.3 is 19.5 Å². The number of hydrogen-bond acceptors (Lipinski definition) is 7. The second-order valence-electron chi connectivity index (χ2n) is 12.7. The summed E-state index contributed by atoms with van der Waals surface area (Å²) in [7, 11) is 0. The predicted molar refractivity (Wildman–Crippen MR) is 155 cm³/mol. The van der Waals surface area contributed by atoms with Crippen LogP contribution in [0.25, 0.3) is 21.5 Å². The van der Waals surface area contributed by atoms with Gasteiger partial charge in [0, 0.05) is 17.0 Å². The zero-order chi connectivity index (χ0) is 28.1. The number of carboxylic acids is 1. The summed E-state index contributed by atoms with van der Waals surface area (Å²) in [5, 5.41) is 27.6. The summed E-state index contributed by atoms with van der Waals surface area (Å²) < 4.78 is 13.7. The zero-order valence-corrected chi connectivity index (χ0v) is 24.3. The van der Waals surface area contributed by atoms with Crippen LogP contribution in [0.3, 0.4) is 0 Å². The van der Waals surface area contributed by atoms with E-state index in [1.807, 2.05) is 25.1 Å². The van der Waals surface area contributed by atoms with E-state index in [1.165, 1.54) is 11.3 Å². The third kappa shape index (κ3) is 4.02. The van der Waals surface area contributed by atoms with Gasteiger partial charge in [0.05, 0.1) is 33.0 Å². The number of aromatic carboxylic acids is 1. The van der Waals surface area contributed by atoms with Crippen molar-refractivity contribution in [1.29, 1.82) is 0 Å². The Morgan fingerprint density at radius 1 is 1.17 bits per heavy atom. The largest absolute Gasteiger partial charge is 0.478 e. The average Bonchev–Trinajstić information content (AvgIpc) is 3.55. The van der Waals surface area contributed by atoms with Crippen molar-refractivity contribution in [3.8, 4) is 11.3 Å². The van der Waals surface area contributed by atoms with Crippen LogP contribution < -0.4 is 0 Å². The van der Waals surface area contributed by atoms with Gasteiger partial charge in [-0.1, -0.05) is 28.9 Å². The number of aryl methyl sites for hydroxylation is 1. The van der Waals surface area contributed by atoms with Crippen LogP contribution in [-0.2, 0) is 16.9 Å². The van der Waals surface area contributed by atoms with Gasteiger partial charge in [0.2, 0.25) is 0 Å². The number of thiazole rings is 1. The Bertz CT molecular complexity index is 1670. The van der Waals surface area contributed by atoms with Crippen molar-refractivity contribution in [1.82, 2.24) is 10.1 Å². The lowest BCUT2D eigenvalue weighted by atomic mass is 9.48. The highest BCUT2D eigenvalue weighted by molar-refractivity contribution is 7.18. The first-order valence-corrected chi connectivity index (χ1v) is 15.7. The highest BCUT2D eigenvalue weighted by Crippen LogP contribution is 2.65. The van der Waals surface area contributed by atoms with Gasteiger partial charge in [-0.05, 0) is 99.5 Å². The maximum absolute atomic E-state index is 12.3. The van der Waals surface area contributed by atoms with E-state index in [4.69, 9.17) is 25.8 Å². The molecule has 0 amide bonds. The topological polar surface area (TPSA) is 106 Å². The van der Waals surface area contributed by atoms with Crippen LogP contribution in [0.2, 0.25) is 5.02 Å². The van der Waals surface area contributed by atoms with Crippen LogP contribution >= 0.6 is 22.9 Å². The minimum absolute atomic E-state index is 0.0453. The molecule has 2 aromatic heterocycles. The third-order valence-corrected chi connectivity index (χ3v) is 11.6. The van der Waals surface area contributed by atoms with Crippen molar-refractivity contribution >= 4 is 39.1 Å². The predicted octanol–water partition coefficient (Wildman–Crippen LogP) is 7.47. The number of aliphatic hydroxyl groups is 1. The van der Waals surface area contributed by atoms with Crippen LogP contribution in [0.4, 0.5) is 0 Å². The summed E-state index contributed by atoms with van der Waals surface area (Å²) in [5.41, 5.74) is 3.41. The molecule has 0 saturated heterocycles. The van der Waals surface area contributed by atoms with Gasteiger partial charge in [0.1, 0.15) is 22.1 Å². The number of nitrogens with zero attached hydrogens (tertiary/aromatic N) is 2. The van der Waals surface area contributed by atoms with E-state index < -0.39 is 11.6 Å². The molecule has 1 unspecified atom stereocenters. The molecule has 2 aromatic carbocycles. The van der Waals surface area contributed by atoms with Gasteiger partial charge in [-0.3, -0.25) is 0 Å². The highest BCUT2D eigenvalue weighted by atomic mass is 35.5. The van der Waals surface area contributed by atoms with Gasteiger partial charge in [0.25, 0.3) is 0 Å². The van der Waals surface area contributed by atoms with Crippen LogP contribution in [0.15, 0.2) is 40.9 Å². The van der Waals surface area contributed by atoms with Crippen LogP contribution in [0, 0.1) is 24.7 Å². The molecule has 5 fully saturated rings. The minimum atomic E-state index is -1.02. The summed E-state index contributed by atoms with van der Waals surface area (Å²) in [6, 6.07) is 10.9. The van der Waals surface area contributed by atoms with E-state index in [0.717, 1.165) is 83.3 Å². The SMILES string of the molecule is Cc1cccc(Cl)c1-c1noc(C2CC2)c1CO[C@@]12CC3C[C@H](C1)[C@@](O)(c1nc4ccc(C(=O)O)cc4s1)[C@@H](C3)C2. The smallest absolute Gasteiger partial charge is 0.335 e. The van der Waals surface area contributed by atoms with E-state index in [1.54, 1.807) is 18.2 Å². The number of hydrogen-bond donors (Lipinski definition) is 2. The fourth-order valence-electron chi connectivity index (χ4n) is 8.15. The molecule has 212 valence electrons. The molecular formula is C32H31ClN2O5S. The van der Waals surface area contributed by atoms with Gasteiger partial charge >= 0.3 is 5.97 Å². The van der Waals surface area contributed by atoms with Crippen molar-refractivity contribution in [3.05, 3.63) is 68.9 Å². The second-order valence-corrected chi connectivity index (χ2v) is 14.2.